The molecule has 34 heavy (non-hydrogen) atoms. The molecule has 0 unspecified atom stereocenters. The number of benzene rings is 2. The third-order valence-electron chi connectivity index (χ3n) is 6.59. The Morgan fingerprint density at radius 2 is 1.65 bits per heavy atom. The van der Waals surface area contributed by atoms with Crippen molar-refractivity contribution < 1.29 is 19.4 Å². The molecule has 0 aliphatic carbocycles. The molecular formula is C28H36N2O4. The lowest BCUT2D eigenvalue weighted by Gasteiger charge is -2.27. The van der Waals surface area contributed by atoms with E-state index in [1.54, 1.807) is 36.3 Å². The van der Waals surface area contributed by atoms with E-state index in [0.717, 1.165) is 31.6 Å². The summed E-state index contributed by atoms with van der Waals surface area (Å²) in [4.78, 5) is 30.2. The fourth-order valence-electron chi connectivity index (χ4n) is 4.43. The summed E-state index contributed by atoms with van der Waals surface area (Å²) in [6.45, 7) is 11.6. The molecule has 0 radical (unpaired) electrons. The van der Waals surface area contributed by atoms with Crippen LogP contribution in [0.2, 0.25) is 0 Å². The molecule has 2 aromatic carbocycles. The molecule has 0 aromatic heterocycles. The average Bonchev–Trinajstić information content (AvgIpc) is 3.11. The zero-order chi connectivity index (χ0) is 24.8. The highest BCUT2D eigenvalue weighted by Gasteiger charge is 2.45. The number of hydrogen-bond acceptors (Lipinski definition) is 5. The van der Waals surface area contributed by atoms with Crippen LogP contribution in [0.15, 0.2) is 54.1 Å². The van der Waals surface area contributed by atoms with Gasteiger partial charge in [-0.3, -0.25) is 9.59 Å². The lowest BCUT2D eigenvalue weighted by molar-refractivity contribution is -0.140. The monoisotopic (exact) mass is 464 g/mol. The van der Waals surface area contributed by atoms with Crippen LogP contribution in [-0.2, 0) is 9.59 Å². The maximum absolute atomic E-state index is 13.2. The molecule has 0 bridgehead atoms. The molecule has 0 spiro atoms. The van der Waals surface area contributed by atoms with Crippen molar-refractivity contribution in [3.63, 3.8) is 0 Å². The molecule has 1 aliphatic rings. The van der Waals surface area contributed by atoms with Crippen molar-refractivity contribution in [3.8, 4) is 5.75 Å². The minimum atomic E-state index is -0.644. The Morgan fingerprint density at radius 1 is 1.03 bits per heavy atom. The van der Waals surface area contributed by atoms with Gasteiger partial charge in [0.1, 0.15) is 11.5 Å². The number of ketones is 1. The lowest BCUT2D eigenvalue weighted by Crippen LogP contribution is -2.33. The maximum Gasteiger partial charge on any atom is 0.295 e. The molecule has 1 N–H and O–H groups in total. The van der Waals surface area contributed by atoms with Gasteiger partial charge >= 0.3 is 0 Å². The van der Waals surface area contributed by atoms with Crippen molar-refractivity contribution >= 4 is 17.4 Å². The van der Waals surface area contributed by atoms with Gasteiger partial charge in [0.25, 0.3) is 11.7 Å². The molecule has 1 fully saturated rings. The van der Waals surface area contributed by atoms with E-state index < -0.39 is 17.7 Å². The number of carbonyl (C=O) groups is 2. The van der Waals surface area contributed by atoms with Crippen molar-refractivity contribution in [2.75, 3.05) is 33.3 Å². The number of methoxy groups -OCH3 is 1. The topological polar surface area (TPSA) is 70.1 Å². The second-order valence-corrected chi connectivity index (χ2v) is 8.92. The van der Waals surface area contributed by atoms with Crippen molar-refractivity contribution in [2.24, 2.45) is 0 Å². The minimum Gasteiger partial charge on any atom is -0.507 e. The summed E-state index contributed by atoms with van der Waals surface area (Å²) < 4.78 is 5.20. The van der Waals surface area contributed by atoms with Gasteiger partial charge in [-0.2, -0.15) is 0 Å². The van der Waals surface area contributed by atoms with Crippen LogP contribution in [0.5, 0.6) is 5.75 Å². The number of carbonyl (C=O) groups excluding carboxylic acids is 2. The number of hydrogen-bond donors (Lipinski definition) is 1. The molecule has 1 heterocycles. The number of aliphatic hydroxyl groups excluding tert-OH is 1. The van der Waals surface area contributed by atoms with Crippen molar-refractivity contribution in [3.05, 3.63) is 70.8 Å². The number of likely N-dealkylation sites (tertiary alicyclic amines) is 1. The van der Waals surface area contributed by atoms with Crippen LogP contribution in [0, 0.1) is 0 Å². The van der Waals surface area contributed by atoms with E-state index in [1.165, 1.54) is 5.56 Å². The SMILES string of the molecule is CCN(CC)CCCN1C(=O)C(=O)C(=C(O)c2ccc(OC)cc2)[C@@H]1c1ccc(C(C)C)cc1. The van der Waals surface area contributed by atoms with Crippen molar-refractivity contribution in [1.82, 2.24) is 9.80 Å². The summed E-state index contributed by atoms with van der Waals surface area (Å²) in [5, 5.41) is 11.2. The normalized spacial score (nSPS) is 17.7. The van der Waals surface area contributed by atoms with E-state index in [0.29, 0.717) is 23.8 Å². The number of amides is 1. The Bertz CT molecular complexity index is 1020. The third kappa shape index (κ3) is 5.33. The fraction of sp³-hybridized carbons (Fsp3) is 0.429. The van der Waals surface area contributed by atoms with Crippen LogP contribution in [0.1, 0.15) is 62.8 Å². The minimum absolute atomic E-state index is 0.135. The molecular weight excluding hydrogens is 428 g/mol. The summed E-state index contributed by atoms with van der Waals surface area (Å²) in [6, 6.07) is 14.2. The molecule has 1 atom stereocenters. The molecule has 1 amide bonds. The second kappa shape index (κ2) is 11.3. The van der Waals surface area contributed by atoms with Gasteiger partial charge in [0.05, 0.1) is 18.7 Å². The van der Waals surface area contributed by atoms with Crippen LogP contribution in [0.4, 0.5) is 0 Å². The molecule has 6 nitrogen and oxygen atoms in total. The zero-order valence-electron chi connectivity index (χ0n) is 20.9. The van der Waals surface area contributed by atoms with E-state index in [1.807, 2.05) is 24.3 Å². The van der Waals surface area contributed by atoms with E-state index in [2.05, 4.69) is 32.6 Å². The van der Waals surface area contributed by atoms with Gasteiger partial charge < -0.3 is 19.6 Å². The molecule has 1 aliphatic heterocycles. The van der Waals surface area contributed by atoms with Gasteiger partial charge in [0, 0.05) is 12.1 Å². The quantitative estimate of drug-likeness (QED) is 0.305. The van der Waals surface area contributed by atoms with Crippen molar-refractivity contribution in [1.29, 1.82) is 0 Å². The van der Waals surface area contributed by atoms with Gasteiger partial charge in [0.15, 0.2) is 0 Å². The number of ether oxygens (including phenoxy) is 1. The van der Waals surface area contributed by atoms with Crippen LogP contribution in [-0.4, -0.2) is 59.9 Å². The van der Waals surface area contributed by atoms with Crippen molar-refractivity contribution in [2.45, 2.75) is 46.1 Å². The Hall–Kier alpha value is -3.12. The molecule has 0 saturated carbocycles. The summed E-state index contributed by atoms with van der Waals surface area (Å²) in [7, 11) is 1.57. The molecule has 182 valence electrons. The zero-order valence-corrected chi connectivity index (χ0v) is 20.9. The van der Waals surface area contributed by atoms with E-state index in [9.17, 15) is 14.7 Å². The highest BCUT2D eigenvalue weighted by atomic mass is 16.5. The Balaban J connectivity index is 2.03. The van der Waals surface area contributed by atoms with Gasteiger partial charge in [0.2, 0.25) is 0 Å². The van der Waals surface area contributed by atoms with Crippen LogP contribution in [0.3, 0.4) is 0 Å². The van der Waals surface area contributed by atoms with Gasteiger partial charge in [-0.1, -0.05) is 52.0 Å². The first-order valence-corrected chi connectivity index (χ1v) is 12.1. The summed E-state index contributed by atoms with van der Waals surface area (Å²) in [5.74, 6) is -0.352. The Labute approximate surface area is 202 Å². The fourth-order valence-corrected chi connectivity index (χ4v) is 4.43. The van der Waals surface area contributed by atoms with E-state index in [-0.39, 0.29) is 11.3 Å². The first-order chi connectivity index (χ1) is 16.3. The lowest BCUT2D eigenvalue weighted by atomic mass is 9.93. The number of Topliss-reactive ketones (excluding diaryl/α,β-unsaturated/α-hetero) is 1. The standard InChI is InChI=1S/C28H36N2O4/c1-6-29(7-2)17-8-18-30-25(21-11-9-20(10-12-21)19(3)4)24(27(32)28(30)33)26(31)22-13-15-23(34-5)16-14-22/h9-16,19,25,31H,6-8,17-18H2,1-5H3/t25-/m0/s1. The molecule has 6 heteroatoms. The predicted octanol–water partition coefficient (Wildman–Crippen LogP) is 4.97. The Morgan fingerprint density at radius 3 is 2.18 bits per heavy atom. The first-order valence-electron chi connectivity index (χ1n) is 12.1. The number of nitrogens with zero attached hydrogens (tertiary/aromatic N) is 2. The van der Waals surface area contributed by atoms with E-state index in [4.69, 9.17) is 4.74 Å². The maximum atomic E-state index is 13.2. The van der Waals surface area contributed by atoms with Gasteiger partial charge in [-0.05, 0) is 67.4 Å². The van der Waals surface area contributed by atoms with Gasteiger partial charge in [-0.15, -0.1) is 0 Å². The summed E-state index contributed by atoms with van der Waals surface area (Å²) in [5.41, 5.74) is 2.61. The van der Waals surface area contributed by atoms with Crippen LogP contribution >= 0.6 is 0 Å². The summed E-state index contributed by atoms with van der Waals surface area (Å²) in [6.07, 6.45) is 0.748. The molecule has 2 aromatic rings. The third-order valence-corrected chi connectivity index (χ3v) is 6.59. The highest BCUT2D eigenvalue weighted by Crippen LogP contribution is 2.40. The molecule has 1 saturated heterocycles. The summed E-state index contributed by atoms with van der Waals surface area (Å²) >= 11 is 0. The highest BCUT2D eigenvalue weighted by molar-refractivity contribution is 6.46. The largest absolute Gasteiger partial charge is 0.507 e. The van der Waals surface area contributed by atoms with Crippen LogP contribution < -0.4 is 4.74 Å². The van der Waals surface area contributed by atoms with E-state index >= 15 is 0 Å². The number of rotatable bonds is 10. The number of aliphatic hydroxyl groups is 1. The predicted molar refractivity (Wildman–Crippen MR) is 135 cm³/mol. The molecule has 3 rings (SSSR count). The average molecular weight is 465 g/mol. The second-order valence-electron chi connectivity index (χ2n) is 8.92. The van der Waals surface area contributed by atoms with Gasteiger partial charge in [-0.25, -0.2) is 0 Å². The smallest absolute Gasteiger partial charge is 0.295 e. The van der Waals surface area contributed by atoms with Crippen LogP contribution in [0.25, 0.3) is 5.76 Å². The first kappa shape index (κ1) is 25.5. The Kier molecular flexibility index (Phi) is 8.51.